The van der Waals surface area contributed by atoms with Gasteiger partial charge in [-0.25, -0.2) is 9.37 Å². The molecule has 2 aromatic carbocycles. The number of ether oxygens (including phenoxy) is 1. The highest BCUT2D eigenvalue weighted by atomic mass is 32.2. The maximum atomic E-state index is 12.8. The van der Waals surface area contributed by atoms with E-state index in [0.29, 0.717) is 12.0 Å². The second-order valence-corrected chi connectivity index (χ2v) is 6.39. The largest absolute Gasteiger partial charge is 0.497 e. The van der Waals surface area contributed by atoms with Crippen molar-refractivity contribution in [3.8, 4) is 5.75 Å². The standard InChI is InChI=1S/C18H17FN2O2S/c1-23-14-8-9-15-16(11-14)21-18(20-15)24-10-2-3-17(22)12-4-6-13(19)7-5-12/h4-9,11H,2-3,10H2,1H3,(H,20,21). The van der Waals surface area contributed by atoms with E-state index in [4.69, 9.17) is 4.74 Å². The second-order valence-electron chi connectivity index (χ2n) is 5.31. The first-order chi connectivity index (χ1) is 11.7. The Bertz CT molecular complexity index is 846. The third-order valence-electron chi connectivity index (χ3n) is 3.62. The molecule has 124 valence electrons. The summed E-state index contributed by atoms with van der Waals surface area (Å²) in [5.74, 6) is 1.27. The number of nitrogens with one attached hydrogen (secondary N) is 1. The van der Waals surface area contributed by atoms with Crippen LogP contribution in [0.15, 0.2) is 47.6 Å². The molecular weight excluding hydrogens is 327 g/mol. The molecule has 0 unspecified atom stereocenters. The average molecular weight is 344 g/mol. The number of aromatic nitrogens is 2. The van der Waals surface area contributed by atoms with Crippen molar-refractivity contribution in [1.82, 2.24) is 9.97 Å². The van der Waals surface area contributed by atoms with E-state index < -0.39 is 0 Å². The van der Waals surface area contributed by atoms with Crippen molar-refractivity contribution < 1.29 is 13.9 Å². The summed E-state index contributed by atoms with van der Waals surface area (Å²) in [7, 11) is 1.63. The van der Waals surface area contributed by atoms with Crippen LogP contribution in [0, 0.1) is 5.82 Å². The molecule has 1 heterocycles. The van der Waals surface area contributed by atoms with Gasteiger partial charge in [0.05, 0.1) is 18.1 Å². The third kappa shape index (κ3) is 3.94. The summed E-state index contributed by atoms with van der Waals surface area (Å²) in [6.07, 6.45) is 1.17. The predicted octanol–water partition coefficient (Wildman–Crippen LogP) is 4.47. The molecule has 1 aromatic heterocycles. The lowest BCUT2D eigenvalue weighted by atomic mass is 10.1. The number of Topliss-reactive ketones (excluding diaryl/α,β-unsaturated/α-hetero) is 1. The predicted molar refractivity (Wildman–Crippen MR) is 93.3 cm³/mol. The van der Waals surface area contributed by atoms with E-state index in [1.165, 1.54) is 24.3 Å². The minimum absolute atomic E-state index is 0.0324. The molecule has 3 aromatic rings. The number of benzene rings is 2. The van der Waals surface area contributed by atoms with Gasteiger partial charge in [0, 0.05) is 23.8 Å². The molecule has 0 atom stereocenters. The molecule has 4 nitrogen and oxygen atoms in total. The fourth-order valence-electron chi connectivity index (χ4n) is 2.34. The van der Waals surface area contributed by atoms with Crippen LogP contribution in [0.25, 0.3) is 11.0 Å². The van der Waals surface area contributed by atoms with Crippen molar-refractivity contribution in [3.05, 3.63) is 53.8 Å². The maximum absolute atomic E-state index is 12.8. The van der Waals surface area contributed by atoms with Gasteiger partial charge in [-0.1, -0.05) is 11.8 Å². The highest BCUT2D eigenvalue weighted by molar-refractivity contribution is 7.99. The molecule has 1 N–H and O–H groups in total. The zero-order valence-corrected chi connectivity index (χ0v) is 14.0. The Labute approximate surface area is 143 Å². The third-order valence-corrected chi connectivity index (χ3v) is 4.58. The van der Waals surface area contributed by atoms with Crippen molar-refractivity contribution in [2.75, 3.05) is 12.9 Å². The van der Waals surface area contributed by atoms with E-state index >= 15 is 0 Å². The summed E-state index contributed by atoms with van der Waals surface area (Å²) < 4.78 is 18.0. The van der Waals surface area contributed by atoms with E-state index in [1.807, 2.05) is 18.2 Å². The molecular formula is C18H17FN2O2S. The number of rotatable bonds is 7. The minimum Gasteiger partial charge on any atom is -0.497 e. The number of carbonyl (C=O) groups is 1. The number of imidazole rings is 1. The number of hydrogen-bond acceptors (Lipinski definition) is 4. The van der Waals surface area contributed by atoms with Gasteiger partial charge in [0.25, 0.3) is 0 Å². The molecule has 0 bridgehead atoms. The first-order valence-corrected chi connectivity index (χ1v) is 8.59. The number of ketones is 1. The van der Waals surface area contributed by atoms with E-state index in [1.54, 1.807) is 18.9 Å². The fourth-order valence-corrected chi connectivity index (χ4v) is 3.17. The van der Waals surface area contributed by atoms with Crippen LogP contribution in [-0.4, -0.2) is 28.6 Å². The number of aromatic amines is 1. The number of hydrogen-bond donors (Lipinski definition) is 1. The van der Waals surface area contributed by atoms with Crippen LogP contribution >= 0.6 is 11.8 Å². The van der Waals surface area contributed by atoms with E-state index in [0.717, 1.165) is 34.1 Å². The quantitative estimate of drug-likeness (QED) is 0.390. The van der Waals surface area contributed by atoms with Crippen LogP contribution in [-0.2, 0) is 0 Å². The van der Waals surface area contributed by atoms with Crippen LogP contribution in [0.1, 0.15) is 23.2 Å². The number of nitrogens with zero attached hydrogens (tertiary/aromatic N) is 1. The van der Waals surface area contributed by atoms with Gasteiger partial charge in [0.15, 0.2) is 10.9 Å². The SMILES string of the molecule is COc1ccc2nc(SCCCC(=O)c3ccc(F)cc3)[nH]c2c1. The molecule has 0 saturated heterocycles. The number of halogens is 1. The molecule has 0 aliphatic rings. The molecule has 0 saturated carbocycles. The van der Waals surface area contributed by atoms with E-state index in [2.05, 4.69) is 9.97 Å². The summed E-state index contributed by atoms with van der Waals surface area (Å²) in [6.45, 7) is 0. The van der Waals surface area contributed by atoms with Crippen LogP contribution in [0.3, 0.4) is 0 Å². The molecule has 0 aliphatic heterocycles. The van der Waals surface area contributed by atoms with Gasteiger partial charge in [0.2, 0.25) is 0 Å². The van der Waals surface area contributed by atoms with Gasteiger partial charge < -0.3 is 9.72 Å². The lowest BCUT2D eigenvalue weighted by Crippen LogP contribution is -1.99. The van der Waals surface area contributed by atoms with Gasteiger partial charge in [-0.15, -0.1) is 0 Å². The fraction of sp³-hybridized carbons (Fsp3) is 0.222. The van der Waals surface area contributed by atoms with E-state index in [-0.39, 0.29) is 11.6 Å². The van der Waals surface area contributed by atoms with Gasteiger partial charge in [-0.05, 0) is 42.8 Å². The Hall–Kier alpha value is -2.34. The molecule has 0 fully saturated rings. The molecule has 0 spiro atoms. The Morgan fingerprint density at radius 3 is 2.79 bits per heavy atom. The highest BCUT2D eigenvalue weighted by Crippen LogP contribution is 2.23. The number of thioether (sulfide) groups is 1. The summed E-state index contributed by atoms with van der Waals surface area (Å²) >= 11 is 1.58. The zero-order chi connectivity index (χ0) is 16.9. The normalized spacial score (nSPS) is 10.9. The smallest absolute Gasteiger partial charge is 0.166 e. The lowest BCUT2D eigenvalue weighted by molar-refractivity contribution is 0.0982. The molecule has 3 rings (SSSR count). The van der Waals surface area contributed by atoms with Gasteiger partial charge in [-0.3, -0.25) is 4.79 Å². The van der Waals surface area contributed by atoms with E-state index in [9.17, 15) is 9.18 Å². The van der Waals surface area contributed by atoms with Crippen molar-refractivity contribution in [2.24, 2.45) is 0 Å². The van der Waals surface area contributed by atoms with Crippen molar-refractivity contribution >= 4 is 28.6 Å². The maximum Gasteiger partial charge on any atom is 0.166 e. The Balaban J connectivity index is 1.51. The van der Waals surface area contributed by atoms with Crippen molar-refractivity contribution in [3.63, 3.8) is 0 Å². The highest BCUT2D eigenvalue weighted by Gasteiger charge is 2.08. The molecule has 24 heavy (non-hydrogen) atoms. The van der Waals surface area contributed by atoms with Crippen LogP contribution in [0.4, 0.5) is 4.39 Å². The first kappa shape index (κ1) is 16.5. The number of methoxy groups -OCH3 is 1. The van der Waals surface area contributed by atoms with Crippen molar-refractivity contribution in [2.45, 2.75) is 18.0 Å². The van der Waals surface area contributed by atoms with Gasteiger partial charge in [-0.2, -0.15) is 0 Å². The van der Waals surface area contributed by atoms with Gasteiger partial charge in [0.1, 0.15) is 11.6 Å². The summed E-state index contributed by atoms with van der Waals surface area (Å²) in [4.78, 5) is 19.7. The number of carbonyl (C=O) groups excluding carboxylic acids is 1. The Morgan fingerprint density at radius 1 is 1.25 bits per heavy atom. The lowest BCUT2D eigenvalue weighted by Gasteiger charge is -2.00. The minimum atomic E-state index is -0.330. The van der Waals surface area contributed by atoms with Gasteiger partial charge >= 0.3 is 0 Å². The summed E-state index contributed by atoms with van der Waals surface area (Å²) in [6, 6.07) is 11.4. The Kier molecular flexibility index (Phi) is 5.15. The van der Waals surface area contributed by atoms with Crippen molar-refractivity contribution in [1.29, 1.82) is 0 Å². The monoisotopic (exact) mass is 344 g/mol. The van der Waals surface area contributed by atoms with Crippen LogP contribution < -0.4 is 4.74 Å². The molecule has 0 radical (unpaired) electrons. The summed E-state index contributed by atoms with van der Waals surface area (Å²) in [5.41, 5.74) is 2.37. The number of H-pyrrole nitrogens is 1. The molecule has 0 aliphatic carbocycles. The first-order valence-electron chi connectivity index (χ1n) is 7.61. The molecule has 6 heteroatoms. The number of fused-ring (bicyclic) bond motifs is 1. The average Bonchev–Trinajstić information content (AvgIpc) is 3.00. The second kappa shape index (κ2) is 7.49. The zero-order valence-electron chi connectivity index (χ0n) is 13.2. The topological polar surface area (TPSA) is 55.0 Å². The van der Waals surface area contributed by atoms with Crippen LogP contribution in [0.2, 0.25) is 0 Å². The van der Waals surface area contributed by atoms with Crippen LogP contribution in [0.5, 0.6) is 5.75 Å². The molecule has 0 amide bonds. The summed E-state index contributed by atoms with van der Waals surface area (Å²) in [5, 5.41) is 0.826. The Morgan fingerprint density at radius 2 is 2.04 bits per heavy atom.